The first-order valence-corrected chi connectivity index (χ1v) is 5.54. The molecule has 2 aromatic rings. The van der Waals surface area contributed by atoms with Gasteiger partial charge in [0.25, 0.3) is 0 Å². The molecule has 0 atom stereocenters. The topological polar surface area (TPSA) is 43.8 Å². The van der Waals surface area contributed by atoms with Crippen LogP contribution in [0, 0.1) is 24.4 Å². The second kappa shape index (κ2) is 4.79. The van der Waals surface area contributed by atoms with E-state index < -0.39 is 17.5 Å². The number of aryl methyl sites for hydroxylation is 1. The molecule has 1 heterocycles. The molecule has 0 amide bonds. The van der Waals surface area contributed by atoms with Gasteiger partial charge >= 0.3 is 0 Å². The van der Waals surface area contributed by atoms with Gasteiger partial charge < -0.3 is 10.3 Å². The summed E-state index contributed by atoms with van der Waals surface area (Å²) in [4.78, 5) is 4.15. The number of rotatable bonds is 3. The van der Waals surface area contributed by atoms with Crippen molar-refractivity contribution in [1.82, 2.24) is 9.55 Å². The summed E-state index contributed by atoms with van der Waals surface area (Å²) in [6.45, 7) is 5.72. The minimum absolute atomic E-state index is 0.0970. The van der Waals surface area contributed by atoms with Crippen LogP contribution in [0.4, 0.5) is 19.0 Å². The van der Waals surface area contributed by atoms with E-state index in [0.29, 0.717) is 12.4 Å². The predicted octanol–water partition coefficient (Wildman–Crippen LogP) is 3.04. The third-order valence-electron chi connectivity index (χ3n) is 2.77. The Morgan fingerprint density at radius 3 is 2.42 bits per heavy atom. The van der Waals surface area contributed by atoms with Crippen LogP contribution in [0.15, 0.2) is 24.8 Å². The number of hydrogen-bond donors (Lipinski definition) is 1. The van der Waals surface area contributed by atoms with Crippen molar-refractivity contribution in [2.75, 3.05) is 5.73 Å². The monoisotopic (exact) mass is 267 g/mol. The van der Waals surface area contributed by atoms with Gasteiger partial charge in [-0.3, -0.25) is 0 Å². The van der Waals surface area contributed by atoms with Crippen LogP contribution in [0.3, 0.4) is 0 Å². The van der Waals surface area contributed by atoms with Crippen molar-refractivity contribution in [3.8, 4) is 11.3 Å². The second-order valence-corrected chi connectivity index (χ2v) is 4.05. The summed E-state index contributed by atoms with van der Waals surface area (Å²) in [5.74, 6) is -3.22. The Bertz CT molecular complexity index is 624. The molecule has 2 rings (SSSR count). The molecule has 1 aromatic heterocycles. The highest BCUT2D eigenvalue weighted by Crippen LogP contribution is 2.28. The third kappa shape index (κ3) is 2.21. The van der Waals surface area contributed by atoms with Gasteiger partial charge in [0.2, 0.25) is 0 Å². The molecule has 0 unspecified atom stereocenters. The molecule has 100 valence electrons. The van der Waals surface area contributed by atoms with Gasteiger partial charge in [0, 0.05) is 12.1 Å². The highest BCUT2D eigenvalue weighted by Gasteiger charge is 2.17. The Balaban J connectivity index is 2.60. The van der Waals surface area contributed by atoms with Gasteiger partial charge in [-0.15, -0.1) is 6.58 Å². The molecular formula is C13H12F3N3. The summed E-state index contributed by atoms with van der Waals surface area (Å²) >= 11 is 0. The molecule has 0 aliphatic heterocycles. The first kappa shape index (κ1) is 13.2. The Morgan fingerprint density at radius 2 is 1.89 bits per heavy atom. The highest BCUT2D eigenvalue weighted by molar-refractivity contribution is 5.71. The number of aromatic nitrogens is 2. The molecule has 19 heavy (non-hydrogen) atoms. The van der Waals surface area contributed by atoms with Crippen LogP contribution in [0.1, 0.15) is 5.82 Å². The summed E-state index contributed by atoms with van der Waals surface area (Å²) in [6.07, 6.45) is 1.63. The standard InChI is InChI=1S/C13H12F3N3/c1-3-4-19-7(2)18-12(13(19)17)8-5-9(14)11(16)10(15)6-8/h3,5-6H,1,4,17H2,2H3. The number of nitrogen functional groups attached to an aromatic ring is 1. The molecule has 6 heteroatoms. The van der Waals surface area contributed by atoms with Gasteiger partial charge in [-0.25, -0.2) is 18.2 Å². The van der Waals surface area contributed by atoms with Crippen molar-refractivity contribution in [2.24, 2.45) is 0 Å². The Hall–Kier alpha value is -2.24. The minimum Gasteiger partial charge on any atom is -0.383 e. The lowest BCUT2D eigenvalue weighted by molar-refractivity contribution is 0.447. The van der Waals surface area contributed by atoms with Crippen LogP contribution in [0.2, 0.25) is 0 Å². The third-order valence-corrected chi connectivity index (χ3v) is 2.77. The molecule has 0 aliphatic rings. The van der Waals surface area contributed by atoms with Gasteiger partial charge in [0.15, 0.2) is 17.5 Å². The minimum atomic E-state index is -1.51. The molecule has 2 N–H and O–H groups in total. The first-order chi connectivity index (χ1) is 8.95. The van der Waals surface area contributed by atoms with E-state index >= 15 is 0 Å². The van der Waals surface area contributed by atoms with Crippen LogP contribution >= 0.6 is 0 Å². The fraction of sp³-hybridized carbons (Fsp3) is 0.154. The predicted molar refractivity (Wildman–Crippen MR) is 66.9 cm³/mol. The van der Waals surface area contributed by atoms with Gasteiger partial charge in [0.1, 0.15) is 17.3 Å². The molecule has 0 bridgehead atoms. The molecule has 0 spiro atoms. The summed E-state index contributed by atoms with van der Waals surface area (Å²) in [6, 6.07) is 1.74. The molecule has 0 fully saturated rings. The van der Waals surface area contributed by atoms with Crippen molar-refractivity contribution >= 4 is 5.82 Å². The zero-order chi connectivity index (χ0) is 14.2. The maximum atomic E-state index is 13.2. The molecule has 0 radical (unpaired) electrons. The molecule has 1 aromatic carbocycles. The largest absolute Gasteiger partial charge is 0.383 e. The van der Waals surface area contributed by atoms with Crippen molar-refractivity contribution in [3.05, 3.63) is 48.1 Å². The first-order valence-electron chi connectivity index (χ1n) is 5.54. The Labute approximate surface area is 108 Å². The second-order valence-electron chi connectivity index (χ2n) is 4.05. The van der Waals surface area contributed by atoms with Crippen molar-refractivity contribution in [3.63, 3.8) is 0 Å². The summed E-state index contributed by atoms with van der Waals surface area (Å²) in [5.41, 5.74) is 6.19. The number of benzene rings is 1. The molecule has 0 saturated heterocycles. The van der Waals surface area contributed by atoms with E-state index in [1.54, 1.807) is 17.6 Å². The number of hydrogen-bond acceptors (Lipinski definition) is 2. The number of halogens is 3. The van der Waals surface area contributed by atoms with Crippen LogP contribution in [0.25, 0.3) is 11.3 Å². The van der Waals surface area contributed by atoms with Gasteiger partial charge in [0.05, 0.1) is 0 Å². The zero-order valence-corrected chi connectivity index (χ0v) is 10.3. The molecule has 0 aliphatic carbocycles. The quantitative estimate of drug-likeness (QED) is 0.686. The fourth-order valence-electron chi connectivity index (χ4n) is 1.85. The summed E-state index contributed by atoms with van der Waals surface area (Å²) in [5, 5.41) is 0. The van der Waals surface area contributed by atoms with Crippen molar-refractivity contribution in [1.29, 1.82) is 0 Å². The van der Waals surface area contributed by atoms with Crippen LogP contribution in [0.5, 0.6) is 0 Å². The van der Waals surface area contributed by atoms with E-state index in [1.165, 1.54) is 0 Å². The lowest BCUT2D eigenvalue weighted by Crippen LogP contribution is -2.03. The van der Waals surface area contributed by atoms with Crippen LogP contribution in [-0.4, -0.2) is 9.55 Å². The van der Waals surface area contributed by atoms with Crippen molar-refractivity contribution < 1.29 is 13.2 Å². The smallest absolute Gasteiger partial charge is 0.194 e. The average molecular weight is 267 g/mol. The van der Waals surface area contributed by atoms with Gasteiger partial charge in [-0.2, -0.15) is 0 Å². The van der Waals surface area contributed by atoms with E-state index in [2.05, 4.69) is 11.6 Å². The number of nitrogens with two attached hydrogens (primary N) is 1. The zero-order valence-electron chi connectivity index (χ0n) is 10.3. The fourth-order valence-corrected chi connectivity index (χ4v) is 1.85. The Morgan fingerprint density at radius 1 is 1.32 bits per heavy atom. The summed E-state index contributed by atoms with van der Waals surface area (Å²) in [7, 11) is 0. The Kier molecular flexibility index (Phi) is 3.33. The van der Waals surface area contributed by atoms with Gasteiger partial charge in [-0.1, -0.05) is 6.08 Å². The highest BCUT2D eigenvalue weighted by atomic mass is 19.2. The van der Waals surface area contributed by atoms with E-state index in [0.717, 1.165) is 12.1 Å². The van der Waals surface area contributed by atoms with Crippen molar-refractivity contribution in [2.45, 2.75) is 13.5 Å². The van der Waals surface area contributed by atoms with E-state index in [1.807, 2.05) is 0 Å². The summed E-state index contributed by atoms with van der Waals surface area (Å²) < 4.78 is 41.0. The molecule has 0 saturated carbocycles. The SMILES string of the molecule is C=CCn1c(C)nc(-c2cc(F)c(F)c(F)c2)c1N. The maximum Gasteiger partial charge on any atom is 0.194 e. The normalized spacial score (nSPS) is 10.7. The number of anilines is 1. The van der Waals surface area contributed by atoms with Crippen LogP contribution < -0.4 is 5.73 Å². The average Bonchev–Trinajstić information content (AvgIpc) is 2.64. The maximum absolute atomic E-state index is 13.2. The van der Waals surface area contributed by atoms with Crippen LogP contribution in [-0.2, 0) is 6.54 Å². The van der Waals surface area contributed by atoms with E-state index in [-0.39, 0.29) is 17.1 Å². The van der Waals surface area contributed by atoms with E-state index in [4.69, 9.17) is 5.73 Å². The molecular weight excluding hydrogens is 255 g/mol. The van der Waals surface area contributed by atoms with E-state index in [9.17, 15) is 13.2 Å². The van der Waals surface area contributed by atoms with Gasteiger partial charge in [-0.05, 0) is 19.1 Å². The number of nitrogens with zero attached hydrogens (tertiary/aromatic N) is 2. The lowest BCUT2D eigenvalue weighted by Gasteiger charge is -2.04. The lowest BCUT2D eigenvalue weighted by atomic mass is 10.1. The molecule has 3 nitrogen and oxygen atoms in total. The number of imidazole rings is 1. The number of allylic oxidation sites excluding steroid dienone is 1.